The average Bonchev–Trinajstić information content (AvgIpc) is 2.93. The van der Waals surface area contributed by atoms with Crippen LogP contribution in [0.1, 0.15) is 24.9 Å². The molecule has 7 nitrogen and oxygen atoms in total. The van der Waals surface area contributed by atoms with Gasteiger partial charge in [-0.2, -0.15) is 0 Å². The Morgan fingerprint density at radius 2 is 2.04 bits per heavy atom. The van der Waals surface area contributed by atoms with Crippen LogP contribution in [0.5, 0.6) is 0 Å². The first kappa shape index (κ1) is 18.7. The fraction of sp³-hybridized carbons (Fsp3) is 0.412. The van der Waals surface area contributed by atoms with E-state index in [1.165, 1.54) is 12.0 Å². The maximum atomic E-state index is 12.7. The average molecular weight is 399 g/mol. The number of allylic oxidation sites excluding steroid dienone is 1. The second-order valence-electron chi connectivity index (χ2n) is 6.32. The third kappa shape index (κ3) is 3.31. The number of methoxy groups -OCH3 is 1. The minimum absolute atomic E-state index is 0.0240. The van der Waals surface area contributed by atoms with E-state index in [1.807, 2.05) is 0 Å². The lowest BCUT2D eigenvalue weighted by Crippen LogP contribution is -2.52. The summed E-state index contributed by atoms with van der Waals surface area (Å²) < 4.78 is 28.5. The lowest BCUT2D eigenvalue weighted by molar-refractivity contribution is -0.136. The summed E-state index contributed by atoms with van der Waals surface area (Å²) in [6, 6.07) is 5.17. The van der Waals surface area contributed by atoms with Gasteiger partial charge in [0.05, 0.1) is 36.3 Å². The van der Waals surface area contributed by atoms with Gasteiger partial charge in [-0.15, -0.1) is 0 Å². The number of esters is 1. The van der Waals surface area contributed by atoms with Gasteiger partial charge in [0.15, 0.2) is 9.84 Å². The smallest absolute Gasteiger partial charge is 0.337 e. The molecule has 1 aromatic rings. The zero-order chi connectivity index (χ0) is 19.1. The van der Waals surface area contributed by atoms with Crippen molar-refractivity contribution in [3.63, 3.8) is 0 Å². The molecule has 1 saturated heterocycles. The zero-order valence-electron chi connectivity index (χ0n) is 14.4. The number of carbonyl (C=O) groups is 2. The second kappa shape index (κ2) is 6.92. The number of urea groups is 1. The quantitative estimate of drug-likeness (QED) is 0.786. The maximum Gasteiger partial charge on any atom is 0.337 e. The van der Waals surface area contributed by atoms with E-state index in [9.17, 15) is 18.0 Å². The van der Waals surface area contributed by atoms with Crippen LogP contribution in [0, 0.1) is 0 Å². The van der Waals surface area contributed by atoms with Crippen molar-refractivity contribution in [1.29, 1.82) is 0 Å². The van der Waals surface area contributed by atoms with Gasteiger partial charge >= 0.3 is 12.0 Å². The topological polar surface area (TPSA) is 92.8 Å². The lowest BCUT2D eigenvalue weighted by Gasteiger charge is -2.38. The summed E-state index contributed by atoms with van der Waals surface area (Å²) >= 11 is 6.25. The van der Waals surface area contributed by atoms with Crippen LogP contribution in [-0.4, -0.2) is 50.0 Å². The first-order valence-corrected chi connectivity index (χ1v) is 10.3. The summed E-state index contributed by atoms with van der Waals surface area (Å²) in [6.45, 7) is 1.62. The number of ether oxygens (including phenoxy) is 1. The number of carbonyl (C=O) groups excluding carboxylic acids is 2. The molecule has 2 aliphatic heterocycles. The van der Waals surface area contributed by atoms with Crippen molar-refractivity contribution in [2.45, 2.75) is 25.4 Å². The molecule has 0 aromatic heterocycles. The highest BCUT2D eigenvalue weighted by atomic mass is 35.5. The van der Waals surface area contributed by atoms with Gasteiger partial charge in [-0.05, 0) is 25.0 Å². The Morgan fingerprint density at radius 3 is 2.62 bits per heavy atom. The molecule has 2 heterocycles. The molecule has 2 atom stereocenters. The number of hydrogen-bond acceptors (Lipinski definition) is 5. The molecule has 3 rings (SSSR count). The molecule has 26 heavy (non-hydrogen) atoms. The van der Waals surface area contributed by atoms with Crippen molar-refractivity contribution in [2.75, 3.05) is 18.6 Å². The molecule has 2 aliphatic rings. The summed E-state index contributed by atoms with van der Waals surface area (Å²) in [4.78, 5) is 26.5. The Labute approximate surface area is 156 Å². The van der Waals surface area contributed by atoms with Gasteiger partial charge in [0, 0.05) is 10.7 Å². The van der Waals surface area contributed by atoms with Crippen molar-refractivity contribution in [1.82, 2.24) is 10.2 Å². The number of nitrogens with zero attached hydrogens (tertiary/aromatic N) is 1. The van der Waals surface area contributed by atoms with Crippen LogP contribution >= 0.6 is 11.6 Å². The van der Waals surface area contributed by atoms with Crippen LogP contribution < -0.4 is 5.32 Å². The van der Waals surface area contributed by atoms with Crippen LogP contribution in [-0.2, 0) is 19.4 Å². The second-order valence-corrected chi connectivity index (χ2v) is 8.96. The fourth-order valence-electron chi connectivity index (χ4n) is 3.49. The van der Waals surface area contributed by atoms with Gasteiger partial charge in [-0.3, -0.25) is 4.90 Å². The molecule has 1 N–H and O–H groups in total. The summed E-state index contributed by atoms with van der Waals surface area (Å²) in [7, 11) is -1.93. The predicted octanol–water partition coefficient (Wildman–Crippen LogP) is 2.04. The normalized spacial score (nSPS) is 25.2. The molecule has 2 amide bonds. The highest BCUT2D eigenvalue weighted by Gasteiger charge is 2.42. The first-order chi connectivity index (χ1) is 12.2. The van der Waals surface area contributed by atoms with Crippen LogP contribution in [0.15, 0.2) is 35.5 Å². The minimum Gasteiger partial charge on any atom is -0.466 e. The van der Waals surface area contributed by atoms with E-state index in [1.54, 1.807) is 31.2 Å². The van der Waals surface area contributed by atoms with Crippen molar-refractivity contribution in [3.8, 4) is 0 Å². The Hall–Kier alpha value is -2.06. The molecule has 0 spiro atoms. The summed E-state index contributed by atoms with van der Waals surface area (Å²) in [5.41, 5.74) is 1.19. The Balaban J connectivity index is 2.09. The molecule has 9 heteroatoms. The molecule has 0 bridgehead atoms. The summed E-state index contributed by atoms with van der Waals surface area (Å²) in [5.74, 6) is -0.697. The Bertz CT molecular complexity index is 896. The monoisotopic (exact) mass is 398 g/mol. The number of amides is 2. The molecule has 0 radical (unpaired) electrons. The van der Waals surface area contributed by atoms with E-state index in [2.05, 4.69) is 5.32 Å². The fourth-order valence-corrected chi connectivity index (χ4v) is 5.44. The van der Waals surface area contributed by atoms with Gasteiger partial charge in [0.2, 0.25) is 0 Å². The van der Waals surface area contributed by atoms with Gasteiger partial charge in [0.1, 0.15) is 0 Å². The van der Waals surface area contributed by atoms with E-state index in [-0.39, 0.29) is 17.1 Å². The van der Waals surface area contributed by atoms with E-state index in [4.69, 9.17) is 16.3 Å². The Morgan fingerprint density at radius 1 is 1.35 bits per heavy atom. The molecule has 0 aliphatic carbocycles. The van der Waals surface area contributed by atoms with Gasteiger partial charge < -0.3 is 10.1 Å². The first-order valence-electron chi connectivity index (χ1n) is 8.09. The maximum absolute atomic E-state index is 12.7. The molecule has 1 aromatic carbocycles. The third-order valence-electron chi connectivity index (χ3n) is 4.72. The summed E-state index contributed by atoms with van der Waals surface area (Å²) in [6.07, 6.45) is 0.332. The van der Waals surface area contributed by atoms with E-state index in [0.29, 0.717) is 22.7 Å². The van der Waals surface area contributed by atoms with Crippen molar-refractivity contribution < 1.29 is 22.7 Å². The van der Waals surface area contributed by atoms with E-state index < -0.39 is 33.9 Å². The van der Waals surface area contributed by atoms with Crippen LogP contribution in [0.25, 0.3) is 0 Å². The molecule has 140 valence electrons. The highest BCUT2D eigenvalue weighted by Crippen LogP contribution is 2.36. The van der Waals surface area contributed by atoms with E-state index in [0.717, 1.165) is 0 Å². The molecule has 1 fully saturated rings. The van der Waals surface area contributed by atoms with Crippen LogP contribution in [0.2, 0.25) is 5.02 Å². The SMILES string of the molecule is COC(=O)C1=C(C)N([C@@H]2CCS(=O)(=O)C2)C(=O)N[C@H]1c1ccccc1Cl. The van der Waals surface area contributed by atoms with Crippen molar-refractivity contribution >= 4 is 33.4 Å². The lowest BCUT2D eigenvalue weighted by atomic mass is 9.94. The number of hydrogen-bond donors (Lipinski definition) is 1. The predicted molar refractivity (Wildman–Crippen MR) is 96.3 cm³/mol. The van der Waals surface area contributed by atoms with Crippen molar-refractivity contribution in [2.24, 2.45) is 0 Å². The van der Waals surface area contributed by atoms with Crippen LogP contribution in [0.3, 0.4) is 0 Å². The zero-order valence-corrected chi connectivity index (χ0v) is 15.9. The van der Waals surface area contributed by atoms with Gasteiger partial charge in [-0.25, -0.2) is 18.0 Å². The Kier molecular flexibility index (Phi) is 4.98. The van der Waals surface area contributed by atoms with Crippen molar-refractivity contribution in [3.05, 3.63) is 46.1 Å². The number of halogens is 1. The minimum atomic E-state index is -3.19. The standard InChI is InChI=1S/C17H19ClN2O5S/c1-10-14(16(21)25-2)15(12-5-3-4-6-13(12)18)19-17(22)20(10)11-7-8-26(23,24)9-11/h3-6,11,15H,7-9H2,1-2H3,(H,19,22)/t11-,15+/m1/s1. The number of nitrogens with one attached hydrogen (secondary N) is 1. The highest BCUT2D eigenvalue weighted by molar-refractivity contribution is 7.91. The number of rotatable bonds is 3. The van der Waals surface area contributed by atoms with E-state index >= 15 is 0 Å². The summed E-state index contributed by atoms with van der Waals surface area (Å²) in [5, 5.41) is 3.18. The molecule has 0 unspecified atom stereocenters. The molecular formula is C17H19ClN2O5S. The van der Waals surface area contributed by atoms with Gasteiger partial charge in [0.25, 0.3) is 0 Å². The molecule has 0 saturated carbocycles. The largest absolute Gasteiger partial charge is 0.466 e. The number of sulfone groups is 1. The van der Waals surface area contributed by atoms with Gasteiger partial charge in [-0.1, -0.05) is 29.8 Å². The molecular weight excluding hydrogens is 380 g/mol. The van der Waals surface area contributed by atoms with Crippen LogP contribution in [0.4, 0.5) is 4.79 Å². The third-order valence-corrected chi connectivity index (χ3v) is 6.82. The number of benzene rings is 1.